The zero-order valence-electron chi connectivity index (χ0n) is 19.7. The molecule has 0 aliphatic rings. The molecule has 0 bridgehead atoms. The molecule has 5 rings (SSSR count). The standard InChI is InChI=1S/C29H23N3O4/c1-35-20-9-7-19(8-10-20)32-29(34)23-5-3-4-17-14-18(6-11-21(17)23)22-12-13-31-26-16-27(36-2)25(28(30)33)15-24(22)26/h3-16H,1-2H3,(H2,30,33)(H,32,34). The number of ether oxygens (including phenoxy) is 2. The van der Waals surface area contributed by atoms with Crippen LogP contribution in [0.3, 0.4) is 0 Å². The quantitative estimate of drug-likeness (QED) is 0.340. The van der Waals surface area contributed by atoms with Gasteiger partial charge in [0.05, 0.1) is 25.3 Å². The summed E-state index contributed by atoms with van der Waals surface area (Å²) in [5, 5.41) is 5.45. The third-order valence-electron chi connectivity index (χ3n) is 6.11. The number of primary amides is 1. The van der Waals surface area contributed by atoms with Gasteiger partial charge in [0.15, 0.2) is 0 Å². The summed E-state index contributed by atoms with van der Waals surface area (Å²) in [5.41, 5.74) is 9.60. The largest absolute Gasteiger partial charge is 0.497 e. The average molecular weight is 478 g/mol. The number of hydrogen-bond acceptors (Lipinski definition) is 5. The number of anilines is 1. The van der Waals surface area contributed by atoms with E-state index in [0.29, 0.717) is 22.5 Å². The number of hydrogen-bond donors (Lipinski definition) is 2. The fourth-order valence-electron chi connectivity index (χ4n) is 4.31. The highest BCUT2D eigenvalue weighted by atomic mass is 16.5. The summed E-state index contributed by atoms with van der Waals surface area (Å²) in [6.07, 6.45) is 1.71. The first-order chi connectivity index (χ1) is 17.5. The number of nitrogens with zero attached hydrogens (tertiary/aromatic N) is 1. The fraction of sp³-hybridized carbons (Fsp3) is 0.0690. The molecule has 0 radical (unpaired) electrons. The van der Waals surface area contributed by atoms with Gasteiger partial charge >= 0.3 is 0 Å². The highest BCUT2D eigenvalue weighted by Gasteiger charge is 2.15. The van der Waals surface area contributed by atoms with Crippen molar-refractivity contribution in [3.05, 3.63) is 96.2 Å². The lowest BCUT2D eigenvalue weighted by Crippen LogP contribution is -2.12. The normalized spacial score (nSPS) is 10.8. The molecule has 0 spiro atoms. The van der Waals surface area contributed by atoms with Crippen LogP contribution in [-0.2, 0) is 0 Å². The number of carbonyl (C=O) groups excluding carboxylic acids is 2. The molecule has 0 atom stereocenters. The van der Waals surface area contributed by atoms with Crippen molar-refractivity contribution in [1.82, 2.24) is 4.98 Å². The first-order valence-corrected chi connectivity index (χ1v) is 11.2. The van der Waals surface area contributed by atoms with Gasteiger partial charge in [-0.25, -0.2) is 0 Å². The van der Waals surface area contributed by atoms with E-state index in [9.17, 15) is 9.59 Å². The van der Waals surface area contributed by atoms with Gasteiger partial charge in [-0.05, 0) is 70.4 Å². The summed E-state index contributed by atoms with van der Waals surface area (Å²) in [6, 6.07) is 24.0. The number of carbonyl (C=O) groups is 2. The lowest BCUT2D eigenvalue weighted by Gasteiger charge is -2.13. The summed E-state index contributed by atoms with van der Waals surface area (Å²) in [6.45, 7) is 0. The number of amides is 2. The van der Waals surface area contributed by atoms with E-state index in [-0.39, 0.29) is 11.5 Å². The third-order valence-corrected chi connectivity index (χ3v) is 6.11. The molecule has 7 heteroatoms. The number of methoxy groups -OCH3 is 2. The van der Waals surface area contributed by atoms with Crippen molar-refractivity contribution in [2.24, 2.45) is 5.73 Å². The van der Waals surface area contributed by atoms with Crippen LogP contribution in [0.1, 0.15) is 20.7 Å². The molecule has 0 unspecified atom stereocenters. The van der Waals surface area contributed by atoms with Gasteiger partial charge in [0.1, 0.15) is 11.5 Å². The minimum absolute atomic E-state index is 0.203. The average Bonchev–Trinajstić information content (AvgIpc) is 2.91. The van der Waals surface area contributed by atoms with Crippen molar-refractivity contribution in [2.45, 2.75) is 0 Å². The molecule has 0 aliphatic carbocycles. The number of aromatic nitrogens is 1. The number of benzene rings is 4. The van der Waals surface area contributed by atoms with Gasteiger partial charge in [-0.1, -0.05) is 24.3 Å². The number of nitrogens with two attached hydrogens (primary N) is 1. The maximum atomic E-state index is 13.1. The Labute approximate surface area is 207 Å². The topological polar surface area (TPSA) is 104 Å². The predicted octanol–water partition coefficient (Wildman–Crippen LogP) is 5.42. The van der Waals surface area contributed by atoms with Gasteiger partial charge < -0.3 is 20.5 Å². The van der Waals surface area contributed by atoms with Gasteiger partial charge in [-0.3, -0.25) is 14.6 Å². The SMILES string of the molecule is COc1ccc(NC(=O)c2cccc3cc(-c4ccnc5cc(OC)c(C(N)=O)cc45)ccc23)cc1. The monoisotopic (exact) mass is 477 g/mol. The Morgan fingerprint density at radius 3 is 2.36 bits per heavy atom. The fourth-order valence-corrected chi connectivity index (χ4v) is 4.31. The summed E-state index contributed by atoms with van der Waals surface area (Å²) in [7, 11) is 3.09. The maximum Gasteiger partial charge on any atom is 0.256 e. The van der Waals surface area contributed by atoms with Crippen LogP contribution in [-0.4, -0.2) is 31.0 Å². The molecule has 178 valence electrons. The van der Waals surface area contributed by atoms with E-state index in [1.54, 1.807) is 55.8 Å². The first-order valence-electron chi connectivity index (χ1n) is 11.2. The van der Waals surface area contributed by atoms with Crippen molar-refractivity contribution in [3.8, 4) is 22.6 Å². The molecule has 0 saturated heterocycles. The molecule has 7 nitrogen and oxygen atoms in total. The molecule has 0 fully saturated rings. The van der Waals surface area contributed by atoms with Crippen LogP contribution >= 0.6 is 0 Å². The smallest absolute Gasteiger partial charge is 0.256 e. The number of rotatable bonds is 6. The Balaban J connectivity index is 1.55. The summed E-state index contributed by atoms with van der Waals surface area (Å²) in [4.78, 5) is 29.5. The van der Waals surface area contributed by atoms with E-state index in [1.807, 2.05) is 36.4 Å². The first kappa shape index (κ1) is 22.9. The van der Waals surface area contributed by atoms with E-state index in [0.717, 1.165) is 33.0 Å². The van der Waals surface area contributed by atoms with Crippen LogP contribution in [0.15, 0.2) is 85.1 Å². The van der Waals surface area contributed by atoms with Crippen molar-refractivity contribution in [3.63, 3.8) is 0 Å². The van der Waals surface area contributed by atoms with E-state index >= 15 is 0 Å². The highest BCUT2D eigenvalue weighted by molar-refractivity contribution is 6.13. The van der Waals surface area contributed by atoms with Crippen molar-refractivity contribution >= 4 is 39.2 Å². The Kier molecular flexibility index (Phi) is 5.96. The molecule has 36 heavy (non-hydrogen) atoms. The van der Waals surface area contributed by atoms with Gasteiger partial charge in [0, 0.05) is 28.9 Å². The van der Waals surface area contributed by atoms with E-state index in [4.69, 9.17) is 15.2 Å². The summed E-state index contributed by atoms with van der Waals surface area (Å²) in [5.74, 6) is 0.321. The van der Waals surface area contributed by atoms with E-state index < -0.39 is 5.91 Å². The lowest BCUT2D eigenvalue weighted by molar-refractivity contribution is 0.0995. The second-order valence-corrected chi connectivity index (χ2v) is 8.22. The molecular formula is C29H23N3O4. The zero-order valence-corrected chi connectivity index (χ0v) is 19.7. The van der Waals surface area contributed by atoms with Crippen LogP contribution in [0, 0.1) is 0 Å². The van der Waals surface area contributed by atoms with Crippen LogP contribution in [0.2, 0.25) is 0 Å². The molecule has 4 aromatic carbocycles. The van der Waals surface area contributed by atoms with Crippen LogP contribution in [0.4, 0.5) is 5.69 Å². The maximum absolute atomic E-state index is 13.1. The Hall–Kier alpha value is -4.91. The molecule has 0 saturated carbocycles. The van der Waals surface area contributed by atoms with Crippen LogP contribution in [0.25, 0.3) is 32.8 Å². The third kappa shape index (κ3) is 4.18. The number of fused-ring (bicyclic) bond motifs is 2. The molecule has 1 heterocycles. The Morgan fingerprint density at radius 2 is 1.64 bits per heavy atom. The van der Waals surface area contributed by atoms with Gasteiger partial charge in [-0.15, -0.1) is 0 Å². The molecule has 5 aromatic rings. The zero-order chi connectivity index (χ0) is 25.2. The number of nitrogens with one attached hydrogen (secondary N) is 1. The number of pyridine rings is 1. The summed E-state index contributed by atoms with van der Waals surface area (Å²) < 4.78 is 10.5. The van der Waals surface area contributed by atoms with Crippen LogP contribution in [0.5, 0.6) is 11.5 Å². The molecule has 3 N–H and O–H groups in total. The Bertz CT molecular complexity index is 1630. The van der Waals surface area contributed by atoms with Crippen LogP contribution < -0.4 is 20.5 Å². The molecule has 2 amide bonds. The van der Waals surface area contributed by atoms with Crippen molar-refractivity contribution in [2.75, 3.05) is 19.5 Å². The van der Waals surface area contributed by atoms with Gasteiger partial charge in [0.25, 0.3) is 11.8 Å². The Morgan fingerprint density at radius 1 is 0.833 bits per heavy atom. The molecule has 0 aliphatic heterocycles. The predicted molar refractivity (Wildman–Crippen MR) is 141 cm³/mol. The van der Waals surface area contributed by atoms with Crippen molar-refractivity contribution in [1.29, 1.82) is 0 Å². The van der Waals surface area contributed by atoms with E-state index in [2.05, 4.69) is 10.3 Å². The molecular weight excluding hydrogens is 454 g/mol. The highest BCUT2D eigenvalue weighted by Crippen LogP contribution is 2.34. The minimum Gasteiger partial charge on any atom is -0.497 e. The second kappa shape index (κ2) is 9.38. The second-order valence-electron chi connectivity index (χ2n) is 8.22. The van der Waals surface area contributed by atoms with E-state index in [1.165, 1.54) is 7.11 Å². The minimum atomic E-state index is -0.574. The van der Waals surface area contributed by atoms with Crippen molar-refractivity contribution < 1.29 is 19.1 Å². The van der Waals surface area contributed by atoms with Gasteiger partial charge in [0.2, 0.25) is 0 Å². The summed E-state index contributed by atoms with van der Waals surface area (Å²) >= 11 is 0. The molecule has 1 aromatic heterocycles. The lowest BCUT2D eigenvalue weighted by atomic mass is 9.95. The van der Waals surface area contributed by atoms with Gasteiger partial charge in [-0.2, -0.15) is 0 Å².